The van der Waals surface area contributed by atoms with E-state index in [1.165, 1.54) is 0 Å². The van der Waals surface area contributed by atoms with Crippen LogP contribution in [0.4, 0.5) is 0 Å². The van der Waals surface area contributed by atoms with Crippen molar-refractivity contribution >= 4 is 0 Å². The smallest absolute Gasteiger partial charge is 0.0587 e. The van der Waals surface area contributed by atoms with Gasteiger partial charge in [-0.25, -0.2) is 0 Å². The van der Waals surface area contributed by atoms with Crippen LogP contribution in [-0.4, -0.2) is 43.3 Å². The predicted octanol–water partition coefficient (Wildman–Crippen LogP) is -0.742. The molecule has 0 saturated heterocycles. The van der Waals surface area contributed by atoms with Gasteiger partial charge >= 0.3 is 0 Å². The SMILES string of the molecule is CN(C)C(CO)CCN. The molecule has 0 bridgehead atoms. The number of rotatable bonds is 4. The number of hydrogen-bond acceptors (Lipinski definition) is 3. The van der Waals surface area contributed by atoms with Gasteiger partial charge in [-0.3, -0.25) is 0 Å². The first kappa shape index (κ1) is 8.88. The molecule has 0 radical (unpaired) electrons. The van der Waals surface area contributed by atoms with E-state index in [9.17, 15) is 0 Å². The molecule has 0 amide bonds. The topological polar surface area (TPSA) is 49.5 Å². The fraction of sp³-hybridized carbons (Fsp3) is 1.00. The van der Waals surface area contributed by atoms with Crippen LogP contribution in [0.3, 0.4) is 0 Å². The lowest BCUT2D eigenvalue weighted by atomic mass is 10.2. The van der Waals surface area contributed by atoms with Gasteiger partial charge in [0.1, 0.15) is 0 Å². The number of hydrogen-bond donors (Lipinski definition) is 2. The summed E-state index contributed by atoms with van der Waals surface area (Å²) < 4.78 is 0. The first-order valence-electron chi connectivity index (χ1n) is 3.19. The highest BCUT2D eigenvalue weighted by atomic mass is 16.3. The lowest BCUT2D eigenvalue weighted by molar-refractivity contribution is 0.163. The quantitative estimate of drug-likeness (QED) is 0.529. The summed E-state index contributed by atoms with van der Waals surface area (Å²) in [6, 6.07) is 0.231. The first-order valence-corrected chi connectivity index (χ1v) is 3.19. The largest absolute Gasteiger partial charge is 0.395 e. The molecule has 3 heteroatoms. The zero-order chi connectivity index (χ0) is 7.28. The maximum Gasteiger partial charge on any atom is 0.0587 e. The Labute approximate surface area is 56.5 Å². The van der Waals surface area contributed by atoms with E-state index in [-0.39, 0.29) is 12.6 Å². The van der Waals surface area contributed by atoms with Crippen LogP contribution in [0, 0.1) is 0 Å². The van der Waals surface area contributed by atoms with Gasteiger partial charge in [0.2, 0.25) is 0 Å². The lowest BCUT2D eigenvalue weighted by Gasteiger charge is -2.20. The van der Waals surface area contributed by atoms with Gasteiger partial charge in [-0.1, -0.05) is 0 Å². The van der Waals surface area contributed by atoms with Gasteiger partial charge in [-0.05, 0) is 27.1 Å². The van der Waals surface area contributed by atoms with Gasteiger partial charge in [0.15, 0.2) is 0 Å². The van der Waals surface area contributed by atoms with Gasteiger partial charge < -0.3 is 15.7 Å². The van der Waals surface area contributed by atoms with Gasteiger partial charge in [0.25, 0.3) is 0 Å². The van der Waals surface area contributed by atoms with Crippen LogP contribution >= 0.6 is 0 Å². The normalized spacial score (nSPS) is 14.3. The Kier molecular flexibility index (Phi) is 4.67. The molecule has 0 spiro atoms. The third kappa shape index (κ3) is 3.46. The number of aliphatic hydroxyl groups is 1. The van der Waals surface area contributed by atoms with Crippen LogP contribution in [0.5, 0.6) is 0 Å². The molecule has 0 saturated carbocycles. The molecule has 0 rings (SSSR count). The lowest BCUT2D eigenvalue weighted by Crippen LogP contribution is -2.33. The van der Waals surface area contributed by atoms with Gasteiger partial charge in [0, 0.05) is 6.04 Å². The summed E-state index contributed by atoms with van der Waals surface area (Å²) in [5.41, 5.74) is 5.30. The van der Waals surface area contributed by atoms with Gasteiger partial charge in [0.05, 0.1) is 6.61 Å². The Morgan fingerprint density at radius 2 is 2.11 bits per heavy atom. The van der Waals surface area contributed by atoms with E-state index in [1.54, 1.807) is 0 Å². The monoisotopic (exact) mass is 132 g/mol. The highest BCUT2D eigenvalue weighted by Crippen LogP contribution is 1.95. The van der Waals surface area contributed by atoms with Crippen molar-refractivity contribution in [2.24, 2.45) is 5.73 Å². The summed E-state index contributed by atoms with van der Waals surface area (Å²) in [6.45, 7) is 0.841. The molecule has 3 nitrogen and oxygen atoms in total. The van der Waals surface area contributed by atoms with Crippen LogP contribution in [0.15, 0.2) is 0 Å². The van der Waals surface area contributed by atoms with E-state index in [2.05, 4.69) is 0 Å². The maximum absolute atomic E-state index is 8.73. The minimum atomic E-state index is 0.199. The Balaban J connectivity index is 3.41. The average Bonchev–Trinajstić information content (AvgIpc) is 1.82. The van der Waals surface area contributed by atoms with E-state index in [0.29, 0.717) is 6.54 Å². The van der Waals surface area contributed by atoms with E-state index < -0.39 is 0 Å². The zero-order valence-electron chi connectivity index (χ0n) is 6.17. The molecule has 1 atom stereocenters. The van der Waals surface area contributed by atoms with Crippen molar-refractivity contribution in [1.82, 2.24) is 4.90 Å². The molecule has 0 aliphatic heterocycles. The summed E-state index contributed by atoms with van der Waals surface area (Å²) in [6.07, 6.45) is 0.865. The Morgan fingerprint density at radius 3 is 2.22 bits per heavy atom. The second-order valence-electron chi connectivity index (χ2n) is 2.38. The standard InChI is InChI=1S/C6H16N2O/c1-8(2)6(5-9)3-4-7/h6,9H,3-5,7H2,1-2H3. The Hall–Kier alpha value is -0.120. The van der Waals surface area contributed by atoms with Gasteiger partial charge in [-0.2, -0.15) is 0 Å². The molecule has 0 aliphatic carbocycles. The molecule has 0 aromatic heterocycles. The van der Waals surface area contributed by atoms with Crippen LogP contribution in [0.1, 0.15) is 6.42 Å². The average molecular weight is 132 g/mol. The molecule has 0 heterocycles. The predicted molar refractivity (Wildman–Crippen MR) is 38.2 cm³/mol. The van der Waals surface area contributed by atoms with Crippen molar-refractivity contribution in [3.8, 4) is 0 Å². The van der Waals surface area contributed by atoms with Crippen molar-refractivity contribution in [2.75, 3.05) is 27.2 Å². The molecule has 0 aliphatic rings. The van der Waals surface area contributed by atoms with Crippen LogP contribution in [0.25, 0.3) is 0 Å². The molecular formula is C6H16N2O. The number of nitrogens with two attached hydrogens (primary N) is 1. The summed E-state index contributed by atoms with van der Waals surface area (Å²) in [5, 5.41) is 8.73. The second kappa shape index (κ2) is 4.73. The van der Waals surface area contributed by atoms with E-state index in [0.717, 1.165) is 6.42 Å². The third-order valence-electron chi connectivity index (χ3n) is 1.44. The summed E-state index contributed by atoms with van der Waals surface area (Å²) in [5.74, 6) is 0. The molecule has 0 fully saturated rings. The third-order valence-corrected chi connectivity index (χ3v) is 1.44. The summed E-state index contributed by atoms with van der Waals surface area (Å²) in [4.78, 5) is 1.98. The summed E-state index contributed by atoms with van der Waals surface area (Å²) in [7, 11) is 3.88. The fourth-order valence-corrected chi connectivity index (χ4v) is 0.705. The first-order chi connectivity index (χ1) is 4.22. The number of aliphatic hydroxyl groups excluding tert-OH is 1. The number of likely N-dealkylation sites (N-methyl/N-ethyl adjacent to an activating group) is 1. The van der Waals surface area contributed by atoms with Crippen molar-refractivity contribution in [1.29, 1.82) is 0 Å². The Morgan fingerprint density at radius 1 is 1.56 bits per heavy atom. The molecule has 3 N–H and O–H groups in total. The summed E-state index contributed by atoms with van der Waals surface area (Å²) >= 11 is 0. The van der Waals surface area contributed by atoms with Crippen molar-refractivity contribution in [3.05, 3.63) is 0 Å². The van der Waals surface area contributed by atoms with Crippen molar-refractivity contribution in [3.63, 3.8) is 0 Å². The fourth-order valence-electron chi connectivity index (χ4n) is 0.705. The molecular weight excluding hydrogens is 116 g/mol. The van der Waals surface area contributed by atoms with Crippen molar-refractivity contribution < 1.29 is 5.11 Å². The highest BCUT2D eigenvalue weighted by Gasteiger charge is 2.06. The van der Waals surface area contributed by atoms with E-state index in [1.807, 2.05) is 19.0 Å². The van der Waals surface area contributed by atoms with Crippen LogP contribution in [-0.2, 0) is 0 Å². The van der Waals surface area contributed by atoms with Crippen molar-refractivity contribution in [2.45, 2.75) is 12.5 Å². The van der Waals surface area contributed by atoms with E-state index in [4.69, 9.17) is 10.8 Å². The number of nitrogens with zero attached hydrogens (tertiary/aromatic N) is 1. The molecule has 1 unspecified atom stereocenters. The minimum absolute atomic E-state index is 0.199. The maximum atomic E-state index is 8.73. The second-order valence-corrected chi connectivity index (χ2v) is 2.38. The highest BCUT2D eigenvalue weighted by molar-refractivity contribution is 4.63. The zero-order valence-corrected chi connectivity index (χ0v) is 6.17. The molecule has 0 aromatic rings. The van der Waals surface area contributed by atoms with Crippen LogP contribution < -0.4 is 5.73 Å². The Bertz CT molecular complexity index is 66.1. The molecule has 0 aromatic carbocycles. The minimum Gasteiger partial charge on any atom is -0.395 e. The van der Waals surface area contributed by atoms with Gasteiger partial charge in [-0.15, -0.1) is 0 Å². The molecule has 9 heavy (non-hydrogen) atoms. The van der Waals surface area contributed by atoms with E-state index >= 15 is 0 Å². The molecule has 56 valence electrons. The van der Waals surface area contributed by atoms with Crippen LogP contribution in [0.2, 0.25) is 0 Å².